The number of hydrogen-bond acceptors (Lipinski definition) is 2. The molecule has 0 fully saturated rings. The SMILES string of the molecule is Cc1ccc(-n2c(N)nc3ccc(C)cc32)c(F)c1. The summed E-state index contributed by atoms with van der Waals surface area (Å²) in [4.78, 5) is 4.27. The highest BCUT2D eigenvalue weighted by Crippen LogP contribution is 2.25. The van der Waals surface area contributed by atoms with Crippen LogP contribution in [0.25, 0.3) is 16.7 Å². The maximum absolute atomic E-state index is 14.1. The number of halogens is 1. The number of imidazole rings is 1. The monoisotopic (exact) mass is 255 g/mol. The Bertz CT molecular complexity index is 774. The predicted octanol–water partition coefficient (Wildman–Crippen LogP) is 3.36. The number of benzene rings is 2. The van der Waals surface area contributed by atoms with Crippen molar-refractivity contribution in [3.8, 4) is 5.69 Å². The summed E-state index contributed by atoms with van der Waals surface area (Å²) < 4.78 is 15.8. The van der Waals surface area contributed by atoms with Crippen LogP contribution in [-0.4, -0.2) is 9.55 Å². The summed E-state index contributed by atoms with van der Waals surface area (Å²) in [5.41, 5.74) is 9.90. The first-order valence-corrected chi connectivity index (χ1v) is 6.07. The molecule has 0 unspecified atom stereocenters. The zero-order valence-corrected chi connectivity index (χ0v) is 10.8. The highest BCUT2D eigenvalue weighted by atomic mass is 19.1. The first kappa shape index (κ1) is 11.7. The molecule has 1 heterocycles. The van der Waals surface area contributed by atoms with Crippen LogP contribution in [0.2, 0.25) is 0 Å². The fourth-order valence-electron chi connectivity index (χ4n) is 2.25. The second-order valence-corrected chi connectivity index (χ2v) is 4.75. The van der Waals surface area contributed by atoms with Crippen LogP contribution in [0.3, 0.4) is 0 Å². The number of hydrogen-bond donors (Lipinski definition) is 1. The molecule has 96 valence electrons. The molecule has 0 aliphatic rings. The summed E-state index contributed by atoms with van der Waals surface area (Å²) in [5.74, 6) is -0.00383. The molecule has 0 amide bonds. The van der Waals surface area contributed by atoms with Crippen molar-refractivity contribution < 1.29 is 4.39 Å². The van der Waals surface area contributed by atoms with Gasteiger partial charge in [-0.15, -0.1) is 0 Å². The Hall–Kier alpha value is -2.36. The fraction of sp³-hybridized carbons (Fsp3) is 0.133. The van der Waals surface area contributed by atoms with Crippen molar-refractivity contribution in [2.75, 3.05) is 5.73 Å². The molecule has 0 bridgehead atoms. The Labute approximate surface area is 110 Å². The number of anilines is 1. The lowest BCUT2D eigenvalue weighted by atomic mass is 10.2. The van der Waals surface area contributed by atoms with E-state index in [0.29, 0.717) is 11.6 Å². The van der Waals surface area contributed by atoms with E-state index >= 15 is 0 Å². The van der Waals surface area contributed by atoms with Crippen molar-refractivity contribution >= 4 is 17.0 Å². The molecule has 0 saturated heterocycles. The molecule has 2 aromatic carbocycles. The van der Waals surface area contributed by atoms with E-state index in [1.54, 1.807) is 10.6 Å². The maximum atomic E-state index is 14.1. The molecule has 19 heavy (non-hydrogen) atoms. The van der Waals surface area contributed by atoms with Gasteiger partial charge in [0.2, 0.25) is 5.95 Å². The predicted molar refractivity (Wildman–Crippen MR) is 74.9 cm³/mol. The van der Waals surface area contributed by atoms with Crippen LogP contribution in [0.5, 0.6) is 0 Å². The summed E-state index contributed by atoms with van der Waals surface area (Å²) >= 11 is 0. The Morgan fingerprint density at radius 3 is 2.47 bits per heavy atom. The molecule has 0 aliphatic heterocycles. The largest absolute Gasteiger partial charge is 0.369 e. The Morgan fingerprint density at radius 2 is 1.74 bits per heavy atom. The van der Waals surface area contributed by atoms with Crippen LogP contribution >= 0.6 is 0 Å². The number of nitrogens with zero attached hydrogens (tertiary/aromatic N) is 2. The first-order valence-electron chi connectivity index (χ1n) is 6.07. The quantitative estimate of drug-likeness (QED) is 0.724. The molecule has 0 atom stereocenters. The minimum atomic E-state index is -0.299. The second kappa shape index (κ2) is 4.09. The van der Waals surface area contributed by atoms with Crippen LogP contribution in [0.4, 0.5) is 10.3 Å². The minimum absolute atomic E-state index is 0.295. The topological polar surface area (TPSA) is 43.8 Å². The van der Waals surface area contributed by atoms with E-state index in [4.69, 9.17) is 5.73 Å². The van der Waals surface area contributed by atoms with Gasteiger partial charge < -0.3 is 5.73 Å². The molecule has 0 spiro atoms. The van der Waals surface area contributed by atoms with Gasteiger partial charge in [0, 0.05) is 0 Å². The van der Waals surface area contributed by atoms with Crippen molar-refractivity contribution in [1.82, 2.24) is 9.55 Å². The van der Waals surface area contributed by atoms with E-state index in [1.807, 2.05) is 38.1 Å². The zero-order valence-electron chi connectivity index (χ0n) is 10.8. The van der Waals surface area contributed by atoms with Gasteiger partial charge in [-0.05, 0) is 49.2 Å². The van der Waals surface area contributed by atoms with E-state index in [9.17, 15) is 4.39 Å². The molecule has 0 saturated carbocycles. The van der Waals surface area contributed by atoms with Crippen molar-refractivity contribution in [2.24, 2.45) is 0 Å². The van der Waals surface area contributed by atoms with Crippen molar-refractivity contribution in [1.29, 1.82) is 0 Å². The number of nitrogen functional groups attached to an aromatic ring is 1. The van der Waals surface area contributed by atoms with Crippen LogP contribution < -0.4 is 5.73 Å². The average molecular weight is 255 g/mol. The van der Waals surface area contributed by atoms with Crippen LogP contribution in [0, 0.1) is 19.7 Å². The normalized spacial score (nSPS) is 11.1. The third kappa shape index (κ3) is 1.85. The smallest absolute Gasteiger partial charge is 0.206 e. The van der Waals surface area contributed by atoms with E-state index in [2.05, 4.69) is 4.98 Å². The zero-order chi connectivity index (χ0) is 13.6. The number of fused-ring (bicyclic) bond motifs is 1. The summed E-state index contributed by atoms with van der Waals surface area (Å²) in [5, 5.41) is 0. The van der Waals surface area contributed by atoms with E-state index < -0.39 is 0 Å². The third-order valence-corrected chi connectivity index (χ3v) is 3.18. The number of aryl methyl sites for hydroxylation is 2. The molecule has 3 aromatic rings. The Balaban J connectivity index is 2.35. The van der Waals surface area contributed by atoms with Crippen LogP contribution in [-0.2, 0) is 0 Å². The van der Waals surface area contributed by atoms with Crippen LogP contribution in [0.1, 0.15) is 11.1 Å². The molecular weight excluding hydrogens is 241 g/mol. The lowest BCUT2D eigenvalue weighted by Gasteiger charge is -2.08. The van der Waals surface area contributed by atoms with E-state index in [0.717, 1.165) is 22.2 Å². The van der Waals surface area contributed by atoms with Gasteiger partial charge in [0.15, 0.2) is 0 Å². The molecular formula is C15H14FN3. The number of nitrogens with two attached hydrogens (primary N) is 1. The second-order valence-electron chi connectivity index (χ2n) is 4.75. The minimum Gasteiger partial charge on any atom is -0.369 e. The van der Waals surface area contributed by atoms with Crippen molar-refractivity contribution in [3.63, 3.8) is 0 Å². The number of rotatable bonds is 1. The third-order valence-electron chi connectivity index (χ3n) is 3.18. The van der Waals surface area contributed by atoms with Gasteiger partial charge in [0.25, 0.3) is 0 Å². The highest BCUT2D eigenvalue weighted by molar-refractivity contribution is 5.81. The van der Waals surface area contributed by atoms with Gasteiger partial charge >= 0.3 is 0 Å². The van der Waals surface area contributed by atoms with Gasteiger partial charge in [-0.2, -0.15) is 0 Å². The fourth-order valence-corrected chi connectivity index (χ4v) is 2.25. The van der Waals surface area contributed by atoms with E-state index in [-0.39, 0.29) is 5.82 Å². The summed E-state index contributed by atoms with van der Waals surface area (Å²) in [6.45, 7) is 3.84. The van der Waals surface area contributed by atoms with Gasteiger partial charge in [-0.25, -0.2) is 9.37 Å². The molecule has 0 aliphatic carbocycles. The number of aromatic nitrogens is 2. The highest BCUT2D eigenvalue weighted by Gasteiger charge is 2.13. The molecule has 4 heteroatoms. The maximum Gasteiger partial charge on any atom is 0.206 e. The molecule has 0 radical (unpaired) electrons. The standard InChI is InChI=1S/C15H14FN3/c1-9-4-6-13(11(16)7-9)19-14-8-10(2)3-5-12(14)18-15(19)17/h3-8H,1-2H3,(H2,17,18). The molecule has 3 rings (SSSR count). The molecule has 1 aromatic heterocycles. The molecule has 3 nitrogen and oxygen atoms in total. The van der Waals surface area contributed by atoms with E-state index in [1.165, 1.54) is 6.07 Å². The summed E-state index contributed by atoms with van der Waals surface area (Å²) in [6.07, 6.45) is 0. The average Bonchev–Trinajstić information content (AvgIpc) is 2.65. The lowest BCUT2D eigenvalue weighted by Crippen LogP contribution is -2.03. The molecule has 2 N–H and O–H groups in total. The lowest BCUT2D eigenvalue weighted by molar-refractivity contribution is 0.619. The summed E-state index contributed by atoms with van der Waals surface area (Å²) in [6, 6.07) is 10.9. The van der Waals surface area contributed by atoms with Crippen molar-refractivity contribution in [2.45, 2.75) is 13.8 Å². The Morgan fingerprint density at radius 1 is 1.05 bits per heavy atom. The van der Waals surface area contributed by atoms with Gasteiger partial charge in [0.05, 0.1) is 16.7 Å². The van der Waals surface area contributed by atoms with Crippen molar-refractivity contribution in [3.05, 3.63) is 53.3 Å². The van der Waals surface area contributed by atoms with Gasteiger partial charge in [0.1, 0.15) is 5.82 Å². The van der Waals surface area contributed by atoms with Gasteiger partial charge in [-0.3, -0.25) is 4.57 Å². The van der Waals surface area contributed by atoms with Crippen LogP contribution in [0.15, 0.2) is 36.4 Å². The summed E-state index contributed by atoms with van der Waals surface area (Å²) in [7, 11) is 0. The first-order chi connectivity index (χ1) is 9.06. The Kier molecular flexibility index (Phi) is 2.52. The van der Waals surface area contributed by atoms with Gasteiger partial charge in [-0.1, -0.05) is 12.1 Å².